The van der Waals surface area contributed by atoms with Crippen molar-refractivity contribution in [2.24, 2.45) is 5.73 Å². The Morgan fingerprint density at radius 1 is 1.24 bits per heavy atom. The third kappa shape index (κ3) is 2.95. The van der Waals surface area contributed by atoms with Crippen LogP contribution in [0.3, 0.4) is 0 Å². The van der Waals surface area contributed by atoms with E-state index in [1.165, 1.54) is 31.5 Å². The van der Waals surface area contributed by atoms with Gasteiger partial charge < -0.3 is 15.6 Å². The molecule has 0 aliphatic rings. The van der Waals surface area contributed by atoms with Crippen molar-refractivity contribution in [2.75, 3.05) is 7.11 Å². The minimum atomic E-state index is -1.16. The van der Waals surface area contributed by atoms with Crippen LogP contribution in [0.1, 0.15) is 20.7 Å². The number of carboxylic acid groups (broad SMARTS) is 1. The number of ether oxygens (including phenoxy) is 1. The topological polar surface area (TPSA) is 103 Å². The molecule has 0 atom stereocenters. The summed E-state index contributed by atoms with van der Waals surface area (Å²) in [6.07, 6.45) is 1.44. The van der Waals surface area contributed by atoms with Crippen LogP contribution in [-0.2, 0) is 0 Å². The monoisotopic (exact) mass is 306 g/mol. The molecular weight excluding hydrogens is 296 g/mol. The Bertz CT molecular complexity index is 731. The maximum atomic E-state index is 11.3. The zero-order valence-electron chi connectivity index (χ0n) is 11.0. The van der Waals surface area contributed by atoms with Gasteiger partial charge in [-0.3, -0.25) is 4.79 Å². The summed E-state index contributed by atoms with van der Waals surface area (Å²) >= 11 is 5.88. The Morgan fingerprint density at radius 2 is 1.90 bits per heavy atom. The summed E-state index contributed by atoms with van der Waals surface area (Å²) in [7, 11) is 1.34. The van der Waals surface area contributed by atoms with Crippen molar-refractivity contribution < 1.29 is 19.4 Å². The van der Waals surface area contributed by atoms with Crippen molar-refractivity contribution in [1.82, 2.24) is 4.98 Å². The number of benzene rings is 1. The van der Waals surface area contributed by atoms with E-state index in [9.17, 15) is 9.59 Å². The molecule has 108 valence electrons. The van der Waals surface area contributed by atoms with E-state index in [0.717, 1.165) is 0 Å². The highest BCUT2D eigenvalue weighted by Crippen LogP contribution is 2.27. The number of halogens is 1. The van der Waals surface area contributed by atoms with Gasteiger partial charge in [0.25, 0.3) is 0 Å². The van der Waals surface area contributed by atoms with Gasteiger partial charge >= 0.3 is 5.97 Å². The lowest BCUT2D eigenvalue weighted by molar-refractivity contribution is 0.0692. The SMILES string of the molecule is COc1ncc(-c2ccc(Cl)c(C(N)=O)c2)cc1C(=O)O. The average Bonchev–Trinajstić information content (AvgIpc) is 2.46. The molecule has 0 saturated carbocycles. The second-order valence-electron chi connectivity index (χ2n) is 4.14. The second kappa shape index (κ2) is 5.80. The van der Waals surface area contributed by atoms with Gasteiger partial charge in [0.1, 0.15) is 5.56 Å². The molecule has 1 aromatic carbocycles. The van der Waals surface area contributed by atoms with Crippen molar-refractivity contribution in [2.45, 2.75) is 0 Å². The number of carboxylic acids is 1. The van der Waals surface area contributed by atoms with Gasteiger partial charge in [0, 0.05) is 11.8 Å². The van der Waals surface area contributed by atoms with Gasteiger partial charge in [-0.2, -0.15) is 0 Å². The predicted octanol–water partition coefficient (Wildman–Crippen LogP) is 2.21. The van der Waals surface area contributed by atoms with Crippen molar-refractivity contribution in [3.63, 3.8) is 0 Å². The summed E-state index contributed by atoms with van der Waals surface area (Å²) in [4.78, 5) is 26.4. The number of aromatic nitrogens is 1. The van der Waals surface area contributed by atoms with Crippen LogP contribution in [0, 0.1) is 0 Å². The predicted molar refractivity (Wildman–Crippen MR) is 76.7 cm³/mol. The number of nitrogens with zero attached hydrogens (tertiary/aromatic N) is 1. The number of carbonyl (C=O) groups excluding carboxylic acids is 1. The molecule has 0 fully saturated rings. The number of nitrogens with two attached hydrogens (primary N) is 1. The summed E-state index contributed by atoms with van der Waals surface area (Å²) in [6, 6.07) is 6.05. The molecule has 0 spiro atoms. The number of carbonyl (C=O) groups is 2. The number of pyridine rings is 1. The van der Waals surface area contributed by atoms with Gasteiger partial charge in [-0.05, 0) is 23.8 Å². The number of amides is 1. The highest BCUT2D eigenvalue weighted by atomic mass is 35.5. The summed E-state index contributed by atoms with van der Waals surface area (Å²) in [5.41, 5.74) is 6.39. The van der Waals surface area contributed by atoms with Crippen LogP contribution >= 0.6 is 11.6 Å². The number of hydrogen-bond donors (Lipinski definition) is 2. The third-order valence-electron chi connectivity index (χ3n) is 2.84. The Balaban J connectivity index is 2.57. The molecule has 0 radical (unpaired) electrons. The van der Waals surface area contributed by atoms with Crippen LogP contribution in [0.5, 0.6) is 5.88 Å². The number of aromatic carboxylic acids is 1. The number of rotatable bonds is 4. The van der Waals surface area contributed by atoms with E-state index in [-0.39, 0.29) is 22.0 Å². The van der Waals surface area contributed by atoms with Crippen LogP contribution < -0.4 is 10.5 Å². The first-order valence-electron chi connectivity index (χ1n) is 5.81. The van der Waals surface area contributed by atoms with Crippen molar-refractivity contribution in [1.29, 1.82) is 0 Å². The fraction of sp³-hybridized carbons (Fsp3) is 0.0714. The van der Waals surface area contributed by atoms with E-state index in [0.29, 0.717) is 11.1 Å². The van der Waals surface area contributed by atoms with Crippen LogP contribution in [0.15, 0.2) is 30.5 Å². The van der Waals surface area contributed by atoms with Gasteiger partial charge in [0.05, 0.1) is 17.7 Å². The number of primary amides is 1. The summed E-state index contributed by atoms with van der Waals surface area (Å²) < 4.78 is 4.89. The molecule has 7 heteroatoms. The molecule has 21 heavy (non-hydrogen) atoms. The lowest BCUT2D eigenvalue weighted by atomic mass is 10.0. The molecule has 0 bridgehead atoms. The first-order valence-corrected chi connectivity index (χ1v) is 6.19. The van der Waals surface area contributed by atoms with Crippen LogP contribution in [0.4, 0.5) is 0 Å². The summed E-state index contributed by atoms with van der Waals surface area (Å²) in [6.45, 7) is 0. The molecule has 0 aliphatic heterocycles. The largest absolute Gasteiger partial charge is 0.480 e. The maximum Gasteiger partial charge on any atom is 0.341 e. The van der Waals surface area contributed by atoms with E-state index in [1.54, 1.807) is 6.07 Å². The molecule has 1 amide bonds. The Morgan fingerprint density at radius 3 is 2.48 bits per heavy atom. The van der Waals surface area contributed by atoms with E-state index < -0.39 is 11.9 Å². The average molecular weight is 307 g/mol. The number of hydrogen-bond acceptors (Lipinski definition) is 4. The van der Waals surface area contributed by atoms with E-state index >= 15 is 0 Å². The third-order valence-corrected chi connectivity index (χ3v) is 3.17. The molecular formula is C14H11ClN2O4. The molecule has 1 aromatic heterocycles. The van der Waals surface area contributed by atoms with Crippen LogP contribution in [0.25, 0.3) is 11.1 Å². The summed E-state index contributed by atoms with van der Waals surface area (Å²) in [5.74, 6) is -1.82. The minimum Gasteiger partial charge on any atom is -0.480 e. The Kier molecular flexibility index (Phi) is 4.09. The first-order chi connectivity index (χ1) is 9.93. The van der Waals surface area contributed by atoms with Gasteiger partial charge in [0.2, 0.25) is 11.8 Å². The van der Waals surface area contributed by atoms with E-state index in [4.69, 9.17) is 27.2 Å². The van der Waals surface area contributed by atoms with Gasteiger partial charge in [-0.25, -0.2) is 9.78 Å². The fourth-order valence-corrected chi connectivity index (χ4v) is 2.03. The van der Waals surface area contributed by atoms with Gasteiger partial charge in [0.15, 0.2) is 0 Å². The number of methoxy groups -OCH3 is 1. The van der Waals surface area contributed by atoms with Gasteiger partial charge in [-0.1, -0.05) is 17.7 Å². The summed E-state index contributed by atoms with van der Waals surface area (Å²) in [5, 5.41) is 9.37. The molecule has 6 nitrogen and oxygen atoms in total. The maximum absolute atomic E-state index is 11.3. The molecule has 1 heterocycles. The van der Waals surface area contributed by atoms with Crippen molar-refractivity contribution in [3.05, 3.63) is 46.6 Å². The van der Waals surface area contributed by atoms with Crippen molar-refractivity contribution >= 4 is 23.5 Å². The lowest BCUT2D eigenvalue weighted by Gasteiger charge is -2.08. The second-order valence-corrected chi connectivity index (χ2v) is 4.55. The lowest BCUT2D eigenvalue weighted by Crippen LogP contribution is -2.11. The first kappa shape index (κ1) is 14.8. The molecule has 0 aliphatic carbocycles. The van der Waals surface area contributed by atoms with Crippen molar-refractivity contribution in [3.8, 4) is 17.0 Å². The van der Waals surface area contributed by atoms with Crippen LogP contribution in [-0.4, -0.2) is 29.1 Å². The minimum absolute atomic E-state index is 0.00957. The molecule has 3 N–H and O–H groups in total. The normalized spacial score (nSPS) is 10.2. The zero-order chi connectivity index (χ0) is 15.6. The van der Waals surface area contributed by atoms with Crippen LogP contribution in [0.2, 0.25) is 5.02 Å². The zero-order valence-corrected chi connectivity index (χ0v) is 11.7. The molecule has 0 unspecified atom stereocenters. The Labute approximate surface area is 125 Å². The standard InChI is InChI=1S/C14H11ClN2O4/c1-21-13-10(14(19)20)5-8(6-17-13)7-2-3-11(15)9(4-7)12(16)18/h2-6H,1H3,(H2,16,18)(H,19,20). The Hall–Kier alpha value is -2.60. The highest BCUT2D eigenvalue weighted by Gasteiger charge is 2.15. The van der Waals surface area contributed by atoms with E-state index in [1.807, 2.05) is 0 Å². The van der Waals surface area contributed by atoms with E-state index in [2.05, 4.69) is 4.98 Å². The smallest absolute Gasteiger partial charge is 0.341 e. The van der Waals surface area contributed by atoms with Gasteiger partial charge in [-0.15, -0.1) is 0 Å². The quantitative estimate of drug-likeness (QED) is 0.901. The molecule has 2 aromatic rings. The highest BCUT2D eigenvalue weighted by molar-refractivity contribution is 6.33. The fourth-order valence-electron chi connectivity index (χ4n) is 1.82. The molecule has 2 rings (SSSR count). The molecule has 0 saturated heterocycles.